The Kier molecular flexibility index (Phi) is 8.36. The highest BCUT2D eigenvalue weighted by Gasteiger charge is 2.70. The molecule has 212 valence electrons. The maximum absolute atomic E-state index is 13.4. The van der Waals surface area contributed by atoms with Gasteiger partial charge < -0.3 is 9.80 Å². The number of hydrogen-bond acceptors (Lipinski definition) is 3. The van der Waals surface area contributed by atoms with Crippen molar-refractivity contribution in [2.75, 3.05) is 19.6 Å². The first kappa shape index (κ1) is 30.1. The van der Waals surface area contributed by atoms with Crippen molar-refractivity contribution in [3.05, 3.63) is 0 Å². The number of rotatable bonds is 10. The third-order valence-corrected chi connectivity index (χ3v) is 10.9. The lowest BCUT2D eigenvalue weighted by Crippen LogP contribution is -2.58. The second kappa shape index (κ2) is 10.3. The van der Waals surface area contributed by atoms with Crippen molar-refractivity contribution < 1.29 is 18.9 Å². The molecular weight excluding hydrogens is 462 g/mol. The van der Waals surface area contributed by atoms with Crippen LogP contribution in [0, 0.1) is 16.7 Å². The van der Waals surface area contributed by atoms with Gasteiger partial charge in [-0.05, 0) is 57.8 Å². The molecule has 3 rings (SSSR count). The molecule has 0 bridgehead atoms. The van der Waals surface area contributed by atoms with Gasteiger partial charge in [-0.1, -0.05) is 48.0 Å². The van der Waals surface area contributed by atoms with Gasteiger partial charge in [0.15, 0.2) is 0 Å². The molecule has 0 saturated carbocycles. The van der Waals surface area contributed by atoms with Gasteiger partial charge in [-0.15, -0.1) is 0 Å². The van der Waals surface area contributed by atoms with E-state index in [0.29, 0.717) is 23.2 Å². The zero-order valence-corrected chi connectivity index (χ0v) is 25.7. The fourth-order valence-electron chi connectivity index (χ4n) is 8.16. The monoisotopic (exact) mass is 518 g/mol. The lowest BCUT2D eigenvalue weighted by molar-refractivity contribution is -0.868. The molecule has 6 nitrogen and oxygen atoms in total. The van der Waals surface area contributed by atoms with E-state index >= 15 is 0 Å². The van der Waals surface area contributed by atoms with Gasteiger partial charge in [0.2, 0.25) is 12.3 Å². The molecule has 5 atom stereocenters. The summed E-state index contributed by atoms with van der Waals surface area (Å²) in [7, 11) is 0. The summed E-state index contributed by atoms with van der Waals surface area (Å²) in [6, 6.07) is 0.337. The second-order valence-electron chi connectivity index (χ2n) is 15.1. The molecule has 3 saturated heterocycles. The van der Waals surface area contributed by atoms with Gasteiger partial charge in [-0.2, -0.15) is 0 Å². The summed E-state index contributed by atoms with van der Waals surface area (Å²) in [5.41, 5.74) is -0.768. The zero-order chi connectivity index (χ0) is 28.0. The molecule has 0 aromatic heterocycles. The van der Waals surface area contributed by atoms with Gasteiger partial charge >= 0.3 is 5.91 Å². The highest BCUT2D eigenvalue weighted by atomic mass is 16.2. The number of likely N-dealkylation sites (tertiary alicyclic amines) is 2. The first-order chi connectivity index (χ1) is 17.0. The number of hydrogen-bond donors (Lipinski definition) is 0. The maximum Gasteiger partial charge on any atom is 0.314 e. The van der Waals surface area contributed by atoms with Crippen LogP contribution in [0.25, 0.3) is 0 Å². The largest absolute Gasteiger partial charge is 0.337 e. The molecule has 0 aromatic rings. The lowest BCUT2D eigenvalue weighted by atomic mass is 9.66. The van der Waals surface area contributed by atoms with Crippen LogP contribution < -0.4 is 0 Å². The first-order valence-electron chi connectivity index (χ1n) is 14.9. The van der Waals surface area contributed by atoms with Crippen LogP contribution in [0.2, 0.25) is 0 Å². The average Bonchev–Trinajstić information content (AvgIpc) is 3.33. The van der Waals surface area contributed by atoms with E-state index in [9.17, 15) is 14.4 Å². The van der Waals surface area contributed by atoms with Crippen molar-refractivity contribution >= 4 is 18.2 Å². The fourth-order valence-corrected chi connectivity index (χ4v) is 8.16. The predicted molar refractivity (Wildman–Crippen MR) is 150 cm³/mol. The summed E-state index contributed by atoms with van der Waals surface area (Å²) < 4.78 is 0.574. The number of amides is 3. The zero-order valence-electron chi connectivity index (χ0n) is 25.7. The summed E-state index contributed by atoms with van der Waals surface area (Å²) in [6.45, 7) is 25.1. The summed E-state index contributed by atoms with van der Waals surface area (Å²) in [5, 5.41) is 0. The minimum Gasteiger partial charge on any atom is -0.337 e. The Bertz CT molecular complexity index is 877. The minimum atomic E-state index is -0.337. The van der Waals surface area contributed by atoms with E-state index in [0.717, 1.165) is 64.6 Å². The summed E-state index contributed by atoms with van der Waals surface area (Å²) >= 11 is 0. The van der Waals surface area contributed by atoms with E-state index in [1.807, 2.05) is 4.90 Å². The van der Waals surface area contributed by atoms with Crippen LogP contribution in [0.4, 0.5) is 0 Å². The Balaban J connectivity index is 1.92. The average molecular weight is 519 g/mol. The number of nitrogens with zero attached hydrogens (tertiary/aromatic N) is 3. The Morgan fingerprint density at radius 2 is 1.65 bits per heavy atom. The molecule has 3 aliphatic heterocycles. The summed E-state index contributed by atoms with van der Waals surface area (Å²) in [6.07, 6.45) is 8.23. The Morgan fingerprint density at radius 3 is 2.16 bits per heavy atom. The van der Waals surface area contributed by atoms with Crippen LogP contribution in [-0.2, 0) is 14.4 Å². The van der Waals surface area contributed by atoms with Crippen molar-refractivity contribution in [1.82, 2.24) is 9.80 Å². The van der Waals surface area contributed by atoms with E-state index in [1.54, 1.807) is 0 Å². The molecular formula is C31H56N3O3+. The van der Waals surface area contributed by atoms with Crippen molar-refractivity contribution in [1.29, 1.82) is 0 Å². The van der Waals surface area contributed by atoms with Crippen molar-refractivity contribution in [2.24, 2.45) is 16.7 Å². The van der Waals surface area contributed by atoms with Crippen molar-refractivity contribution in [3.63, 3.8) is 0 Å². The van der Waals surface area contributed by atoms with Gasteiger partial charge in [-0.3, -0.25) is 14.1 Å². The Morgan fingerprint density at radius 1 is 1.00 bits per heavy atom. The summed E-state index contributed by atoms with van der Waals surface area (Å²) in [4.78, 5) is 43.1. The van der Waals surface area contributed by atoms with Crippen molar-refractivity contribution in [3.8, 4) is 0 Å². The first-order valence-corrected chi connectivity index (χ1v) is 14.9. The minimum absolute atomic E-state index is 0.0480. The molecule has 3 heterocycles. The molecule has 0 N–H and O–H groups in total. The Hall–Kier alpha value is -1.43. The normalized spacial score (nSPS) is 31.9. The molecule has 5 unspecified atom stereocenters. The van der Waals surface area contributed by atoms with E-state index in [2.05, 4.69) is 74.1 Å². The topological polar surface area (TPSA) is 57.5 Å². The third-order valence-electron chi connectivity index (χ3n) is 10.9. The molecule has 3 amide bonds. The lowest BCUT2D eigenvalue weighted by Gasteiger charge is -2.49. The van der Waals surface area contributed by atoms with Gasteiger partial charge in [0.05, 0.1) is 37.1 Å². The van der Waals surface area contributed by atoms with Gasteiger partial charge in [-0.25, -0.2) is 4.79 Å². The molecule has 37 heavy (non-hydrogen) atoms. The van der Waals surface area contributed by atoms with Crippen molar-refractivity contribution in [2.45, 2.75) is 144 Å². The number of carbonyl (C=O) groups is 3. The molecule has 0 aromatic carbocycles. The SMILES string of the molecule is CC(C1N(C=O)C1(C)C(C)(C)CC[N+]1(C(C)C)CCCC1=O)C(C)(CC(C)(C)C)N1CCCCCC1=O. The van der Waals surface area contributed by atoms with Crippen LogP contribution in [-0.4, -0.2) is 75.3 Å². The molecule has 0 aliphatic carbocycles. The van der Waals surface area contributed by atoms with E-state index in [4.69, 9.17) is 0 Å². The molecule has 6 heteroatoms. The molecule has 3 aliphatic rings. The van der Waals surface area contributed by atoms with Crippen LogP contribution in [0.3, 0.4) is 0 Å². The van der Waals surface area contributed by atoms with E-state index in [1.165, 1.54) is 0 Å². The van der Waals surface area contributed by atoms with Crippen LogP contribution >= 0.6 is 0 Å². The Labute approximate surface area is 227 Å². The quantitative estimate of drug-likeness (QED) is 0.209. The number of quaternary nitrogens is 1. The number of carbonyl (C=O) groups excluding carboxylic acids is 3. The van der Waals surface area contributed by atoms with Gasteiger partial charge in [0.1, 0.15) is 0 Å². The fraction of sp³-hybridized carbons (Fsp3) is 0.903. The highest BCUT2D eigenvalue weighted by Crippen LogP contribution is 2.59. The van der Waals surface area contributed by atoms with E-state index < -0.39 is 0 Å². The maximum atomic E-state index is 13.4. The van der Waals surface area contributed by atoms with Gasteiger partial charge in [0, 0.05) is 37.3 Å². The van der Waals surface area contributed by atoms with Gasteiger partial charge in [0.25, 0.3) is 0 Å². The molecule has 0 spiro atoms. The third kappa shape index (κ3) is 5.25. The van der Waals surface area contributed by atoms with E-state index in [-0.39, 0.29) is 45.8 Å². The smallest absolute Gasteiger partial charge is 0.314 e. The molecule has 3 fully saturated rings. The molecule has 0 radical (unpaired) electrons. The van der Waals surface area contributed by atoms with Crippen LogP contribution in [0.15, 0.2) is 0 Å². The second-order valence-corrected chi connectivity index (χ2v) is 15.1. The highest BCUT2D eigenvalue weighted by molar-refractivity contribution is 5.77. The standard InChI is InChI=1S/C31H56N3O3/c1-23(2)34(19-14-16-26(34)37)20-17-29(7,8)31(10)27(33(31)22-35)24(3)30(9,21-28(4,5)6)32-18-13-11-12-15-25(32)36/h22-24,27H,11-21H2,1-10H3/q+1. The summed E-state index contributed by atoms with van der Waals surface area (Å²) in [5.74, 6) is 0.775. The van der Waals surface area contributed by atoms with Crippen LogP contribution in [0.1, 0.15) is 121 Å². The predicted octanol–water partition coefficient (Wildman–Crippen LogP) is 5.78. The van der Waals surface area contributed by atoms with Crippen LogP contribution in [0.5, 0.6) is 0 Å².